The number of nitrogens with one attached hydrogen (secondary N) is 1. The third-order valence-corrected chi connectivity index (χ3v) is 4.24. The first-order valence-corrected chi connectivity index (χ1v) is 6.75. The molecule has 1 fully saturated rings. The van der Waals surface area contributed by atoms with Crippen molar-refractivity contribution in [3.8, 4) is 11.5 Å². The summed E-state index contributed by atoms with van der Waals surface area (Å²) in [6.45, 7) is 3.68. The summed E-state index contributed by atoms with van der Waals surface area (Å²) < 4.78 is 10.8. The Balaban J connectivity index is 2.51. The summed E-state index contributed by atoms with van der Waals surface area (Å²) in [5.74, 6) is 1.62. The fourth-order valence-electron chi connectivity index (χ4n) is 2.99. The molecule has 0 amide bonds. The van der Waals surface area contributed by atoms with E-state index in [1.807, 2.05) is 25.1 Å². The first-order chi connectivity index (χ1) is 9.14. The number of benzene rings is 1. The zero-order chi connectivity index (χ0) is 13.9. The van der Waals surface area contributed by atoms with Gasteiger partial charge in [0.2, 0.25) is 0 Å². The van der Waals surface area contributed by atoms with Crippen LogP contribution in [-0.4, -0.2) is 38.5 Å². The molecule has 1 saturated heterocycles. The van der Waals surface area contributed by atoms with Crippen LogP contribution < -0.4 is 14.8 Å². The number of hydrogen-bond acceptors (Lipinski definition) is 4. The maximum atomic E-state index is 10.3. The lowest BCUT2D eigenvalue weighted by atomic mass is 9.69. The molecule has 1 atom stereocenters. The van der Waals surface area contributed by atoms with Crippen LogP contribution >= 0.6 is 0 Å². The van der Waals surface area contributed by atoms with Crippen LogP contribution in [0.2, 0.25) is 0 Å². The van der Waals surface area contributed by atoms with Crippen molar-refractivity contribution in [1.29, 1.82) is 0 Å². The maximum Gasteiger partial charge on any atom is 0.122 e. The second kappa shape index (κ2) is 5.80. The van der Waals surface area contributed by atoms with Gasteiger partial charge in [0, 0.05) is 11.0 Å². The molecule has 4 heteroatoms. The number of aliphatic hydroxyl groups excluding tert-OH is 1. The van der Waals surface area contributed by atoms with Crippen molar-refractivity contribution in [2.45, 2.75) is 31.3 Å². The van der Waals surface area contributed by atoms with Crippen molar-refractivity contribution < 1.29 is 14.6 Å². The van der Waals surface area contributed by atoms with E-state index in [4.69, 9.17) is 9.47 Å². The predicted octanol–water partition coefficient (Wildman–Crippen LogP) is 1.71. The molecular weight excluding hydrogens is 242 g/mol. The van der Waals surface area contributed by atoms with Gasteiger partial charge in [0.05, 0.1) is 20.3 Å². The molecule has 19 heavy (non-hydrogen) atoms. The first kappa shape index (κ1) is 14.2. The molecule has 1 unspecified atom stereocenters. The molecule has 1 aromatic rings. The monoisotopic (exact) mass is 265 g/mol. The SMILES string of the molecule is COc1ccc(OC)c(C2(C(C)O)CCNCC2)c1. The number of methoxy groups -OCH3 is 2. The van der Waals surface area contributed by atoms with Crippen molar-refractivity contribution in [2.24, 2.45) is 0 Å². The van der Waals surface area contributed by atoms with Gasteiger partial charge in [-0.2, -0.15) is 0 Å². The summed E-state index contributed by atoms with van der Waals surface area (Å²) in [5.41, 5.74) is 0.788. The van der Waals surface area contributed by atoms with Gasteiger partial charge < -0.3 is 19.9 Å². The van der Waals surface area contributed by atoms with E-state index in [0.717, 1.165) is 43.0 Å². The number of piperidine rings is 1. The fraction of sp³-hybridized carbons (Fsp3) is 0.600. The topological polar surface area (TPSA) is 50.7 Å². The molecule has 0 bridgehead atoms. The molecule has 1 aromatic carbocycles. The van der Waals surface area contributed by atoms with Crippen molar-refractivity contribution in [3.05, 3.63) is 23.8 Å². The lowest BCUT2D eigenvalue weighted by Crippen LogP contribution is -2.47. The van der Waals surface area contributed by atoms with Crippen LogP contribution in [0.1, 0.15) is 25.3 Å². The number of aliphatic hydroxyl groups is 1. The number of hydrogen-bond donors (Lipinski definition) is 2. The Bertz CT molecular complexity index is 425. The molecule has 2 N–H and O–H groups in total. The number of ether oxygens (including phenoxy) is 2. The molecule has 0 spiro atoms. The molecule has 0 saturated carbocycles. The van der Waals surface area contributed by atoms with Gasteiger partial charge in [0.1, 0.15) is 11.5 Å². The van der Waals surface area contributed by atoms with Crippen molar-refractivity contribution >= 4 is 0 Å². The molecule has 2 rings (SSSR count). The maximum absolute atomic E-state index is 10.3. The highest BCUT2D eigenvalue weighted by Crippen LogP contribution is 2.43. The van der Waals surface area contributed by atoms with Crippen LogP contribution in [-0.2, 0) is 5.41 Å². The Kier molecular flexibility index (Phi) is 4.32. The second-order valence-electron chi connectivity index (χ2n) is 5.15. The fourth-order valence-corrected chi connectivity index (χ4v) is 2.99. The highest BCUT2D eigenvalue weighted by molar-refractivity contribution is 5.46. The van der Waals surface area contributed by atoms with Gasteiger partial charge in [0.25, 0.3) is 0 Å². The minimum absolute atomic E-state index is 0.259. The Morgan fingerprint density at radius 1 is 1.21 bits per heavy atom. The largest absolute Gasteiger partial charge is 0.497 e. The second-order valence-corrected chi connectivity index (χ2v) is 5.15. The zero-order valence-electron chi connectivity index (χ0n) is 11.9. The molecular formula is C15H23NO3. The van der Waals surface area contributed by atoms with E-state index in [1.165, 1.54) is 0 Å². The van der Waals surface area contributed by atoms with Crippen LogP contribution in [0.25, 0.3) is 0 Å². The molecule has 1 heterocycles. The van der Waals surface area contributed by atoms with Gasteiger partial charge in [-0.05, 0) is 51.1 Å². The standard InChI is InChI=1S/C15H23NO3/c1-11(17)15(6-8-16-9-7-15)13-10-12(18-2)4-5-14(13)19-3/h4-5,10-11,16-17H,6-9H2,1-3H3. The van der Waals surface area contributed by atoms with Crippen LogP contribution in [0.15, 0.2) is 18.2 Å². The van der Waals surface area contributed by atoms with E-state index in [9.17, 15) is 5.11 Å². The van der Waals surface area contributed by atoms with Gasteiger partial charge in [-0.3, -0.25) is 0 Å². The minimum Gasteiger partial charge on any atom is -0.497 e. The molecule has 0 radical (unpaired) electrons. The third kappa shape index (κ3) is 2.55. The minimum atomic E-state index is -0.421. The molecule has 0 aromatic heterocycles. The number of rotatable bonds is 4. The third-order valence-electron chi connectivity index (χ3n) is 4.24. The highest BCUT2D eigenvalue weighted by Gasteiger charge is 2.40. The van der Waals surface area contributed by atoms with Crippen LogP contribution in [0.5, 0.6) is 11.5 Å². The Morgan fingerprint density at radius 3 is 2.42 bits per heavy atom. The summed E-state index contributed by atoms with van der Waals surface area (Å²) in [6.07, 6.45) is 1.37. The van der Waals surface area contributed by atoms with E-state index in [-0.39, 0.29) is 5.41 Å². The van der Waals surface area contributed by atoms with E-state index in [0.29, 0.717) is 0 Å². The molecule has 1 aliphatic heterocycles. The van der Waals surface area contributed by atoms with Crippen molar-refractivity contribution in [3.63, 3.8) is 0 Å². The van der Waals surface area contributed by atoms with E-state index in [2.05, 4.69) is 5.32 Å². The Hall–Kier alpha value is -1.26. The van der Waals surface area contributed by atoms with Gasteiger partial charge >= 0.3 is 0 Å². The van der Waals surface area contributed by atoms with E-state index in [1.54, 1.807) is 14.2 Å². The Morgan fingerprint density at radius 2 is 1.89 bits per heavy atom. The van der Waals surface area contributed by atoms with Crippen LogP contribution in [0, 0.1) is 0 Å². The van der Waals surface area contributed by atoms with Gasteiger partial charge in [-0.1, -0.05) is 0 Å². The van der Waals surface area contributed by atoms with Gasteiger partial charge in [-0.25, -0.2) is 0 Å². The Labute approximate surface area is 114 Å². The lowest BCUT2D eigenvalue weighted by molar-refractivity contribution is 0.0713. The van der Waals surface area contributed by atoms with E-state index < -0.39 is 6.10 Å². The summed E-state index contributed by atoms with van der Waals surface area (Å²) in [6, 6.07) is 5.80. The summed E-state index contributed by atoms with van der Waals surface area (Å²) >= 11 is 0. The smallest absolute Gasteiger partial charge is 0.122 e. The normalized spacial score (nSPS) is 19.8. The lowest BCUT2D eigenvalue weighted by Gasteiger charge is -2.41. The first-order valence-electron chi connectivity index (χ1n) is 6.75. The van der Waals surface area contributed by atoms with Crippen LogP contribution in [0.3, 0.4) is 0 Å². The summed E-state index contributed by atoms with van der Waals surface area (Å²) in [7, 11) is 3.32. The molecule has 106 valence electrons. The zero-order valence-corrected chi connectivity index (χ0v) is 11.9. The highest BCUT2D eigenvalue weighted by atomic mass is 16.5. The average molecular weight is 265 g/mol. The predicted molar refractivity (Wildman–Crippen MR) is 75.0 cm³/mol. The van der Waals surface area contributed by atoms with Crippen molar-refractivity contribution in [2.75, 3.05) is 27.3 Å². The quantitative estimate of drug-likeness (QED) is 0.870. The van der Waals surface area contributed by atoms with Crippen LogP contribution in [0.4, 0.5) is 0 Å². The van der Waals surface area contributed by atoms with Crippen molar-refractivity contribution in [1.82, 2.24) is 5.32 Å². The summed E-state index contributed by atoms with van der Waals surface area (Å²) in [4.78, 5) is 0. The molecule has 4 nitrogen and oxygen atoms in total. The van der Waals surface area contributed by atoms with Gasteiger partial charge in [-0.15, -0.1) is 0 Å². The molecule has 0 aliphatic carbocycles. The van der Waals surface area contributed by atoms with Gasteiger partial charge in [0.15, 0.2) is 0 Å². The summed E-state index contributed by atoms with van der Waals surface area (Å²) in [5, 5.41) is 13.7. The average Bonchev–Trinajstić information content (AvgIpc) is 2.47. The van der Waals surface area contributed by atoms with E-state index >= 15 is 0 Å². The molecule has 1 aliphatic rings.